The summed E-state index contributed by atoms with van der Waals surface area (Å²) in [4.78, 5) is 13.3. The van der Waals surface area contributed by atoms with Crippen molar-refractivity contribution in [2.75, 3.05) is 18.4 Å². The van der Waals surface area contributed by atoms with Crippen LogP contribution in [0.4, 0.5) is 5.69 Å². The number of hydrogen-bond donors (Lipinski definition) is 1. The number of carbonyl (C=O) groups excluding carboxylic acids is 1. The summed E-state index contributed by atoms with van der Waals surface area (Å²) in [6.45, 7) is 4.75. The highest BCUT2D eigenvalue weighted by atomic mass is 79.9. The van der Waals surface area contributed by atoms with Gasteiger partial charge in [-0.3, -0.25) is 4.79 Å². The van der Waals surface area contributed by atoms with Gasteiger partial charge in [0.2, 0.25) is 15.9 Å². The second-order valence-electron chi connectivity index (χ2n) is 7.45. The highest BCUT2D eigenvalue weighted by molar-refractivity contribution is 9.10. The standard InChI is InChI=1S/C22H26Br2N2O3S/c1-3-15-12-19(24)13-16(4-2)21(15)25-22(27)17-6-5-11-26(14-17)30(28,29)20-9-7-18(23)8-10-20/h7-10,12-13,17H,3-6,11,14H2,1-2H3,(H,25,27)/t17-/m0/s1. The van der Waals surface area contributed by atoms with Gasteiger partial charge in [0.05, 0.1) is 10.8 Å². The predicted octanol–water partition coefficient (Wildman–Crippen LogP) is 5.38. The number of hydrogen-bond acceptors (Lipinski definition) is 3. The quantitative estimate of drug-likeness (QED) is 0.519. The van der Waals surface area contributed by atoms with Crippen LogP contribution in [0, 0.1) is 5.92 Å². The van der Waals surface area contributed by atoms with Crippen molar-refractivity contribution < 1.29 is 13.2 Å². The summed E-state index contributed by atoms with van der Waals surface area (Å²) in [5.74, 6) is -0.487. The first-order valence-electron chi connectivity index (χ1n) is 10.1. The van der Waals surface area contributed by atoms with Crippen molar-refractivity contribution >= 4 is 53.5 Å². The van der Waals surface area contributed by atoms with Gasteiger partial charge in [0.1, 0.15) is 0 Å². The predicted molar refractivity (Wildman–Crippen MR) is 127 cm³/mol. The van der Waals surface area contributed by atoms with Gasteiger partial charge in [-0.05, 0) is 73.2 Å². The second-order valence-corrected chi connectivity index (χ2v) is 11.2. The maximum Gasteiger partial charge on any atom is 0.243 e. The van der Waals surface area contributed by atoms with Crippen LogP contribution in [0.3, 0.4) is 0 Å². The lowest BCUT2D eigenvalue weighted by Gasteiger charge is -2.31. The Balaban J connectivity index is 1.79. The third-order valence-electron chi connectivity index (χ3n) is 5.48. The molecule has 1 aliphatic rings. The fraction of sp³-hybridized carbons (Fsp3) is 0.409. The molecule has 8 heteroatoms. The average Bonchev–Trinajstić information content (AvgIpc) is 2.74. The Kier molecular flexibility index (Phi) is 7.76. The molecule has 0 bridgehead atoms. The van der Waals surface area contributed by atoms with Crippen molar-refractivity contribution in [1.29, 1.82) is 0 Å². The molecule has 5 nitrogen and oxygen atoms in total. The Hall–Kier alpha value is -1.22. The smallest absolute Gasteiger partial charge is 0.243 e. The van der Waals surface area contributed by atoms with Crippen molar-refractivity contribution in [1.82, 2.24) is 4.31 Å². The normalized spacial score (nSPS) is 17.7. The van der Waals surface area contributed by atoms with Gasteiger partial charge < -0.3 is 5.32 Å². The van der Waals surface area contributed by atoms with Crippen LogP contribution >= 0.6 is 31.9 Å². The number of nitrogens with zero attached hydrogens (tertiary/aromatic N) is 1. The largest absolute Gasteiger partial charge is 0.325 e. The summed E-state index contributed by atoms with van der Waals surface area (Å²) < 4.78 is 29.3. The number of rotatable bonds is 6. The van der Waals surface area contributed by atoms with Gasteiger partial charge in [-0.15, -0.1) is 0 Å². The first-order valence-corrected chi connectivity index (χ1v) is 13.2. The van der Waals surface area contributed by atoms with Crippen molar-refractivity contribution in [3.8, 4) is 0 Å². The van der Waals surface area contributed by atoms with Gasteiger partial charge in [-0.1, -0.05) is 45.7 Å². The van der Waals surface area contributed by atoms with Crippen molar-refractivity contribution in [2.24, 2.45) is 5.92 Å². The number of sulfonamides is 1. The molecular formula is C22H26Br2N2O3S. The van der Waals surface area contributed by atoms with Gasteiger partial charge in [-0.25, -0.2) is 8.42 Å². The summed E-state index contributed by atoms with van der Waals surface area (Å²) in [5, 5.41) is 3.11. The van der Waals surface area contributed by atoms with Crippen molar-refractivity contribution in [3.05, 3.63) is 56.5 Å². The first kappa shape index (κ1) is 23.4. The van der Waals surface area contributed by atoms with E-state index in [4.69, 9.17) is 0 Å². The van der Waals surface area contributed by atoms with Gasteiger partial charge in [0.15, 0.2) is 0 Å². The zero-order chi connectivity index (χ0) is 21.9. The molecule has 0 spiro atoms. The minimum atomic E-state index is -3.62. The van der Waals surface area contributed by atoms with E-state index in [2.05, 4.69) is 51.0 Å². The lowest BCUT2D eigenvalue weighted by Crippen LogP contribution is -2.43. The average molecular weight is 558 g/mol. The number of piperidine rings is 1. The SMILES string of the molecule is CCc1cc(Br)cc(CC)c1NC(=O)[C@H]1CCCN(S(=O)(=O)c2ccc(Br)cc2)C1. The van der Waals surface area contributed by atoms with E-state index in [1.165, 1.54) is 4.31 Å². The number of anilines is 1. The Bertz CT molecular complexity index is 998. The third-order valence-corrected chi connectivity index (χ3v) is 8.35. The van der Waals surface area contributed by atoms with E-state index >= 15 is 0 Å². The zero-order valence-electron chi connectivity index (χ0n) is 17.1. The van der Waals surface area contributed by atoms with Gasteiger partial charge in [0.25, 0.3) is 0 Å². The Morgan fingerprint density at radius 1 is 1.07 bits per heavy atom. The van der Waals surface area contributed by atoms with Crippen LogP contribution in [0.15, 0.2) is 50.2 Å². The highest BCUT2D eigenvalue weighted by Gasteiger charge is 2.33. The summed E-state index contributed by atoms with van der Waals surface area (Å²) in [6, 6.07) is 10.7. The number of amides is 1. The van der Waals surface area contributed by atoms with Gasteiger partial charge in [0, 0.05) is 27.7 Å². The molecule has 2 aromatic rings. The van der Waals surface area contributed by atoms with E-state index in [0.29, 0.717) is 19.4 Å². The van der Waals surface area contributed by atoms with Crippen LogP contribution in [0.5, 0.6) is 0 Å². The molecule has 3 rings (SSSR count). The maximum atomic E-state index is 13.1. The van der Waals surface area contributed by atoms with E-state index < -0.39 is 10.0 Å². The molecule has 30 heavy (non-hydrogen) atoms. The summed E-state index contributed by atoms with van der Waals surface area (Å²) in [7, 11) is -3.62. The molecule has 1 atom stereocenters. The molecule has 1 fully saturated rings. The van der Waals surface area contributed by atoms with Crippen LogP contribution in [0.25, 0.3) is 0 Å². The fourth-order valence-corrected chi connectivity index (χ4v) is 6.14. The zero-order valence-corrected chi connectivity index (χ0v) is 21.1. The van der Waals surface area contributed by atoms with Crippen molar-refractivity contribution in [3.63, 3.8) is 0 Å². The monoisotopic (exact) mass is 556 g/mol. The lowest BCUT2D eigenvalue weighted by molar-refractivity contribution is -0.120. The minimum Gasteiger partial charge on any atom is -0.325 e. The van der Waals surface area contributed by atoms with Crippen molar-refractivity contribution in [2.45, 2.75) is 44.4 Å². The number of nitrogens with one attached hydrogen (secondary N) is 1. The van der Waals surface area contributed by atoms with Crippen LogP contribution < -0.4 is 5.32 Å². The molecule has 2 aromatic carbocycles. The highest BCUT2D eigenvalue weighted by Crippen LogP contribution is 2.30. The Labute approximate surface area is 195 Å². The number of benzene rings is 2. The maximum absolute atomic E-state index is 13.1. The molecule has 0 aliphatic carbocycles. The fourth-order valence-electron chi connectivity index (χ4n) is 3.80. The summed E-state index contributed by atoms with van der Waals surface area (Å²) in [6.07, 6.45) is 2.95. The second kappa shape index (κ2) is 9.94. The molecule has 1 aliphatic heterocycles. The molecular weight excluding hydrogens is 532 g/mol. The third kappa shape index (κ3) is 5.15. The first-order chi connectivity index (χ1) is 14.3. The molecule has 1 amide bonds. The number of carbonyl (C=O) groups is 1. The number of halogens is 2. The molecule has 1 heterocycles. The van der Waals surface area contributed by atoms with Crippen LogP contribution in [0.2, 0.25) is 0 Å². The molecule has 1 N–H and O–H groups in total. The molecule has 1 saturated heterocycles. The van der Waals surface area contributed by atoms with Gasteiger partial charge >= 0.3 is 0 Å². The van der Waals surface area contributed by atoms with E-state index in [1.807, 2.05) is 12.1 Å². The Morgan fingerprint density at radius 2 is 1.67 bits per heavy atom. The van der Waals surface area contributed by atoms with Crippen LogP contribution in [-0.2, 0) is 27.7 Å². The van der Waals surface area contributed by atoms with E-state index in [-0.39, 0.29) is 23.3 Å². The van der Waals surface area contributed by atoms with E-state index in [1.54, 1.807) is 24.3 Å². The van der Waals surface area contributed by atoms with Gasteiger partial charge in [-0.2, -0.15) is 4.31 Å². The topological polar surface area (TPSA) is 66.5 Å². The van der Waals surface area contributed by atoms with Crippen LogP contribution in [-0.4, -0.2) is 31.7 Å². The molecule has 0 radical (unpaired) electrons. The summed E-state index contributed by atoms with van der Waals surface area (Å²) >= 11 is 6.87. The Morgan fingerprint density at radius 3 is 2.23 bits per heavy atom. The molecule has 162 valence electrons. The van der Waals surface area contributed by atoms with E-state index in [9.17, 15) is 13.2 Å². The number of aryl methyl sites for hydroxylation is 2. The molecule has 0 unspecified atom stereocenters. The molecule has 0 saturated carbocycles. The summed E-state index contributed by atoms with van der Waals surface area (Å²) in [5.41, 5.74) is 3.01. The van der Waals surface area contributed by atoms with E-state index in [0.717, 1.165) is 38.6 Å². The lowest BCUT2D eigenvalue weighted by atomic mass is 9.97. The molecule has 0 aromatic heterocycles. The minimum absolute atomic E-state index is 0.113. The van der Waals surface area contributed by atoms with Crippen LogP contribution in [0.1, 0.15) is 37.8 Å².